The van der Waals surface area contributed by atoms with E-state index in [1.165, 1.54) is 0 Å². The lowest BCUT2D eigenvalue weighted by atomic mass is 9.69. The van der Waals surface area contributed by atoms with E-state index < -0.39 is 5.41 Å². The second-order valence-corrected chi connectivity index (χ2v) is 5.81. The summed E-state index contributed by atoms with van der Waals surface area (Å²) in [6.07, 6.45) is 0.607. The Morgan fingerprint density at radius 1 is 0.696 bits per heavy atom. The molecule has 3 aromatic carbocycles. The molecule has 0 atom stereocenters. The molecular weight excluding hydrogens is 284 g/mol. The molecule has 0 unspecified atom stereocenters. The number of carbonyl (C=O) groups excluding carboxylic acids is 1. The van der Waals surface area contributed by atoms with E-state index in [1.54, 1.807) is 0 Å². The number of benzene rings is 3. The van der Waals surface area contributed by atoms with Crippen molar-refractivity contribution in [2.45, 2.75) is 11.8 Å². The van der Waals surface area contributed by atoms with Gasteiger partial charge in [-0.3, -0.25) is 4.79 Å². The van der Waals surface area contributed by atoms with E-state index in [9.17, 15) is 4.79 Å². The van der Waals surface area contributed by atoms with Crippen LogP contribution in [0.25, 0.3) is 0 Å². The molecule has 1 heterocycles. The minimum atomic E-state index is -0.795. The molecule has 0 radical (unpaired) electrons. The average Bonchev–Trinajstić information content (AvgIpc) is 2.62. The lowest BCUT2D eigenvalue weighted by Gasteiger charge is -2.36. The van der Waals surface area contributed by atoms with Crippen LogP contribution in [0.3, 0.4) is 0 Å². The highest BCUT2D eigenvalue weighted by molar-refractivity contribution is 5.91. The van der Waals surface area contributed by atoms with Gasteiger partial charge < -0.3 is 4.74 Å². The monoisotopic (exact) mass is 300 g/mol. The van der Waals surface area contributed by atoms with Gasteiger partial charge in [0.1, 0.15) is 11.2 Å². The first kappa shape index (κ1) is 13.8. The van der Waals surface area contributed by atoms with Crippen LogP contribution in [-0.4, -0.2) is 5.97 Å². The highest BCUT2D eigenvalue weighted by Crippen LogP contribution is 2.42. The molecule has 1 aliphatic rings. The average molecular weight is 300 g/mol. The van der Waals surface area contributed by atoms with Crippen LogP contribution >= 0.6 is 0 Å². The van der Waals surface area contributed by atoms with Crippen molar-refractivity contribution in [2.24, 2.45) is 0 Å². The maximum Gasteiger partial charge on any atom is 0.326 e. The Balaban J connectivity index is 1.96. The summed E-state index contributed by atoms with van der Waals surface area (Å²) in [4.78, 5) is 13.1. The van der Waals surface area contributed by atoms with Gasteiger partial charge in [-0.05, 0) is 22.8 Å². The Hall–Kier alpha value is -2.87. The number of carbonyl (C=O) groups is 1. The zero-order valence-electron chi connectivity index (χ0n) is 12.6. The van der Waals surface area contributed by atoms with Gasteiger partial charge >= 0.3 is 5.97 Å². The third-order valence-electron chi connectivity index (χ3n) is 4.51. The molecule has 0 saturated carbocycles. The standard InChI is InChI=1S/C21H16O2/c22-20-21(17-10-3-1-4-11-17,18-12-5-2-6-13-18)15-16-9-7-8-14-19(16)23-20/h1-14H,15H2. The first-order valence-electron chi connectivity index (χ1n) is 7.72. The first-order valence-corrected chi connectivity index (χ1v) is 7.72. The van der Waals surface area contributed by atoms with E-state index in [4.69, 9.17) is 4.74 Å². The van der Waals surface area contributed by atoms with E-state index in [1.807, 2.05) is 84.9 Å². The Morgan fingerprint density at radius 2 is 1.22 bits per heavy atom. The van der Waals surface area contributed by atoms with Crippen LogP contribution < -0.4 is 4.74 Å². The second kappa shape index (κ2) is 5.40. The minimum Gasteiger partial charge on any atom is -0.425 e. The van der Waals surface area contributed by atoms with Crippen LogP contribution in [0.4, 0.5) is 0 Å². The van der Waals surface area contributed by atoms with Gasteiger partial charge in [0, 0.05) is 6.42 Å². The summed E-state index contributed by atoms with van der Waals surface area (Å²) in [6.45, 7) is 0. The maximum absolute atomic E-state index is 13.1. The third-order valence-corrected chi connectivity index (χ3v) is 4.51. The molecule has 4 rings (SSSR count). The van der Waals surface area contributed by atoms with Gasteiger partial charge in [0.05, 0.1) is 0 Å². The van der Waals surface area contributed by atoms with Gasteiger partial charge in [-0.2, -0.15) is 0 Å². The van der Waals surface area contributed by atoms with E-state index in [0.717, 1.165) is 16.7 Å². The largest absolute Gasteiger partial charge is 0.425 e. The van der Waals surface area contributed by atoms with Gasteiger partial charge in [0.15, 0.2) is 0 Å². The van der Waals surface area contributed by atoms with Crippen LogP contribution in [0, 0.1) is 0 Å². The normalized spacial score (nSPS) is 15.6. The van der Waals surface area contributed by atoms with Crippen molar-refractivity contribution in [3.05, 3.63) is 102 Å². The highest BCUT2D eigenvalue weighted by atomic mass is 16.5. The molecule has 0 N–H and O–H groups in total. The van der Waals surface area contributed by atoms with Gasteiger partial charge in [0.2, 0.25) is 0 Å². The lowest BCUT2D eigenvalue weighted by molar-refractivity contribution is -0.140. The van der Waals surface area contributed by atoms with E-state index in [0.29, 0.717) is 12.2 Å². The molecule has 0 aromatic heterocycles. The summed E-state index contributed by atoms with van der Waals surface area (Å²) in [5, 5.41) is 0. The van der Waals surface area contributed by atoms with E-state index >= 15 is 0 Å². The molecule has 3 aromatic rings. The van der Waals surface area contributed by atoms with E-state index in [2.05, 4.69) is 0 Å². The summed E-state index contributed by atoms with van der Waals surface area (Å²) in [5.41, 5.74) is 2.19. The maximum atomic E-state index is 13.1. The zero-order valence-corrected chi connectivity index (χ0v) is 12.6. The van der Waals surface area contributed by atoms with Crippen LogP contribution in [-0.2, 0) is 16.6 Å². The fraction of sp³-hybridized carbons (Fsp3) is 0.0952. The molecule has 1 aliphatic heterocycles. The van der Waals surface area contributed by atoms with Crippen molar-refractivity contribution in [3.8, 4) is 5.75 Å². The number of ether oxygens (including phenoxy) is 1. The topological polar surface area (TPSA) is 26.3 Å². The number of rotatable bonds is 2. The highest BCUT2D eigenvalue weighted by Gasteiger charge is 2.47. The third kappa shape index (κ3) is 2.15. The summed E-state index contributed by atoms with van der Waals surface area (Å²) < 4.78 is 5.72. The van der Waals surface area contributed by atoms with Crippen LogP contribution in [0.15, 0.2) is 84.9 Å². The molecule has 0 amide bonds. The summed E-state index contributed by atoms with van der Waals surface area (Å²) in [6, 6.07) is 27.6. The molecule has 0 aliphatic carbocycles. The first-order chi connectivity index (χ1) is 11.3. The zero-order chi connectivity index (χ0) is 15.7. The van der Waals surface area contributed by atoms with Crippen LogP contribution in [0.2, 0.25) is 0 Å². The van der Waals surface area contributed by atoms with Crippen molar-refractivity contribution >= 4 is 5.97 Å². The van der Waals surface area contributed by atoms with E-state index in [-0.39, 0.29) is 5.97 Å². The summed E-state index contributed by atoms with van der Waals surface area (Å²) in [5.74, 6) is 0.452. The summed E-state index contributed by atoms with van der Waals surface area (Å²) >= 11 is 0. The Morgan fingerprint density at radius 3 is 1.83 bits per heavy atom. The Bertz CT molecular complexity index is 798. The fourth-order valence-corrected chi connectivity index (χ4v) is 3.35. The Kier molecular flexibility index (Phi) is 3.23. The van der Waals surface area contributed by atoms with Gasteiger partial charge in [-0.1, -0.05) is 78.9 Å². The lowest BCUT2D eigenvalue weighted by Crippen LogP contribution is -2.45. The number of hydrogen-bond acceptors (Lipinski definition) is 2. The van der Waals surface area contributed by atoms with Gasteiger partial charge in [-0.15, -0.1) is 0 Å². The molecular formula is C21H16O2. The number of hydrogen-bond donors (Lipinski definition) is 0. The van der Waals surface area contributed by atoms with Crippen molar-refractivity contribution in [2.75, 3.05) is 0 Å². The fourth-order valence-electron chi connectivity index (χ4n) is 3.35. The quantitative estimate of drug-likeness (QED) is 0.525. The SMILES string of the molecule is O=C1Oc2ccccc2CC1(c1ccccc1)c1ccccc1. The van der Waals surface area contributed by atoms with Crippen molar-refractivity contribution < 1.29 is 9.53 Å². The molecule has 0 fully saturated rings. The predicted molar refractivity (Wildman–Crippen MR) is 89.4 cm³/mol. The molecule has 0 spiro atoms. The predicted octanol–water partition coefficient (Wildman–Crippen LogP) is 4.13. The number of fused-ring (bicyclic) bond motifs is 1. The molecule has 112 valence electrons. The summed E-state index contributed by atoms with van der Waals surface area (Å²) in [7, 11) is 0. The molecule has 0 saturated heterocycles. The van der Waals surface area contributed by atoms with Crippen molar-refractivity contribution in [1.82, 2.24) is 0 Å². The second-order valence-electron chi connectivity index (χ2n) is 5.81. The number of para-hydroxylation sites is 1. The molecule has 2 nitrogen and oxygen atoms in total. The Labute approximate surface area is 135 Å². The molecule has 2 heteroatoms. The van der Waals surface area contributed by atoms with Crippen molar-refractivity contribution in [1.29, 1.82) is 0 Å². The van der Waals surface area contributed by atoms with Crippen molar-refractivity contribution in [3.63, 3.8) is 0 Å². The van der Waals surface area contributed by atoms with Crippen LogP contribution in [0.1, 0.15) is 16.7 Å². The van der Waals surface area contributed by atoms with Gasteiger partial charge in [-0.25, -0.2) is 0 Å². The minimum absolute atomic E-state index is 0.214. The van der Waals surface area contributed by atoms with Crippen LogP contribution in [0.5, 0.6) is 5.75 Å². The van der Waals surface area contributed by atoms with Gasteiger partial charge in [0.25, 0.3) is 0 Å². The molecule has 0 bridgehead atoms. The number of esters is 1. The smallest absolute Gasteiger partial charge is 0.326 e. The molecule has 23 heavy (non-hydrogen) atoms.